The monoisotopic (exact) mass is 452 g/mol. The molecular weight excluding hydrogens is 428 g/mol. The highest BCUT2D eigenvalue weighted by atomic mass is 32.2. The van der Waals surface area contributed by atoms with Crippen LogP contribution in [-0.4, -0.2) is 58.3 Å². The minimum atomic E-state index is -1.01. The van der Waals surface area contributed by atoms with E-state index in [4.69, 9.17) is 4.74 Å². The summed E-state index contributed by atoms with van der Waals surface area (Å²) in [5.41, 5.74) is 4.54. The van der Waals surface area contributed by atoms with Crippen molar-refractivity contribution in [3.05, 3.63) is 59.7 Å². The van der Waals surface area contributed by atoms with Gasteiger partial charge >= 0.3 is 12.1 Å². The van der Waals surface area contributed by atoms with E-state index in [0.717, 1.165) is 35.1 Å². The third-order valence-electron chi connectivity index (χ3n) is 6.43. The minimum absolute atomic E-state index is 0.0306. The molecule has 2 N–H and O–H groups in total. The maximum absolute atomic E-state index is 13.0. The maximum Gasteiger partial charge on any atom is 0.407 e. The van der Waals surface area contributed by atoms with E-state index in [1.54, 1.807) is 0 Å². The third kappa shape index (κ3) is 3.83. The molecule has 166 valence electrons. The number of hydrogen-bond donors (Lipinski definition) is 2. The molecule has 1 saturated carbocycles. The molecule has 1 saturated heterocycles. The van der Waals surface area contributed by atoms with Crippen LogP contribution in [0.2, 0.25) is 0 Å². The van der Waals surface area contributed by atoms with Crippen molar-refractivity contribution in [3.8, 4) is 11.1 Å². The number of thioether (sulfide) groups is 1. The van der Waals surface area contributed by atoms with Gasteiger partial charge in [-0.15, -0.1) is 11.8 Å². The van der Waals surface area contributed by atoms with Crippen LogP contribution in [0.1, 0.15) is 29.9 Å². The number of carboxylic acids is 1. The summed E-state index contributed by atoms with van der Waals surface area (Å²) in [7, 11) is 0. The van der Waals surface area contributed by atoms with Gasteiger partial charge < -0.3 is 20.1 Å². The first-order valence-electron chi connectivity index (χ1n) is 10.8. The lowest BCUT2D eigenvalue weighted by Crippen LogP contribution is -2.53. The summed E-state index contributed by atoms with van der Waals surface area (Å²) in [6, 6.07) is 14.6. The molecule has 8 heteroatoms. The average Bonchev–Trinajstić information content (AvgIpc) is 3.42. The van der Waals surface area contributed by atoms with E-state index >= 15 is 0 Å². The number of alkyl carbamates (subject to hydrolysis) is 1. The number of hydrogen-bond acceptors (Lipinski definition) is 5. The average molecular weight is 453 g/mol. The summed E-state index contributed by atoms with van der Waals surface area (Å²) in [6.07, 6.45) is 1.02. The Hall–Kier alpha value is -3.00. The first-order chi connectivity index (χ1) is 15.5. The van der Waals surface area contributed by atoms with Crippen LogP contribution in [0.4, 0.5) is 4.79 Å². The predicted octanol–water partition coefficient (Wildman–Crippen LogP) is 3.29. The van der Waals surface area contributed by atoms with Crippen molar-refractivity contribution in [1.82, 2.24) is 10.2 Å². The van der Waals surface area contributed by atoms with Crippen LogP contribution in [0.15, 0.2) is 48.5 Å². The molecule has 2 fully saturated rings. The van der Waals surface area contributed by atoms with Gasteiger partial charge in [0.15, 0.2) is 0 Å². The van der Waals surface area contributed by atoms with Crippen molar-refractivity contribution in [1.29, 1.82) is 0 Å². The summed E-state index contributed by atoms with van der Waals surface area (Å²) < 4.78 is 5.59. The Balaban J connectivity index is 1.26. The second kappa shape index (κ2) is 8.50. The summed E-state index contributed by atoms with van der Waals surface area (Å²) in [4.78, 5) is 38.6. The molecule has 1 aliphatic heterocycles. The van der Waals surface area contributed by atoms with E-state index in [0.29, 0.717) is 11.6 Å². The number of ether oxygens (including phenoxy) is 1. The minimum Gasteiger partial charge on any atom is -0.480 e. The number of carbonyl (C=O) groups excluding carboxylic acids is 2. The van der Waals surface area contributed by atoms with Crippen LogP contribution in [0.25, 0.3) is 11.1 Å². The molecule has 1 heterocycles. The Morgan fingerprint density at radius 3 is 2.28 bits per heavy atom. The fraction of sp³-hybridized carbons (Fsp3) is 0.375. The predicted molar refractivity (Wildman–Crippen MR) is 120 cm³/mol. The normalized spacial score (nSPS) is 20.4. The summed E-state index contributed by atoms with van der Waals surface area (Å²) >= 11 is 1.41. The van der Waals surface area contributed by atoms with Crippen LogP contribution in [-0.2, 0) is 14.3 Å². The quantitative estimate of drug-likeness (QED) is 0.698. The Morgan fingerprint density at radius 1 is 1.06 bits per heavy atom. The van der Waals surface area contributed by atoms with Gasteiger partial charge in [-0.25, -0.2) is 9.59 Å². The first kappa shape index (κ1) is 20.9. The van der Waals surface area contributed by atoms with Crippen LogP contribution >= 0.6 is 11.8 Å². The maximum atomic E-state index is 13.0. The second-order valence-electron chi connectivity index (χ2n) is 8.45. The highest BCUT2D eigenvalue weighted by molar-refractivity contribution is 7.99. The fourth-order valence-electron chi connectivity index (χ4n) is 4.62. The number of rotatable bonds is 6. The zero-order valence-electron chi connectivity index (χ0n) is 17.4. The Kier molecular flexibility index (Phi) is 5.55. The van der Waals surface area contributed by atoms with Crippen molar-refractivity contribution in [2.45, 2.75) is 30.8 Å². The van der Waals surface area contributed by atoms with Gasteiger partial charge in [0, 0.05) is 11.7 Å². The van der Waals surface area contributed by atoms with Gasteiger partial charge in [0.2, 0.25) is 5.91 Å². The van der Waals surface area contributed by atoms with Gasteiger partial charge in [0.05, 0.1) is 5.88 Å². The number of carbonyl (C=O) groups is 3. The first-order valence-corrected chi connectivity index (χ1v) is 11.9. The lowest BCUT2D eigenvalue weighted by Gasteiger charge is -2.26. The molecule has 3 aliphatic rings. The number of aliphatic carboxylic acids is 1. The summed E-state index contributed by atoms with van der Waals surface area (Å²) in [6.45, 7) is 0.169. The number of nitrogens with one attached hydrogen (secondary N) is 1. The SMILES string of the molecule is O=C(NC(C(=O)N1CSC[C@H]1C(=O)O)C1CC1)OCC1c2ccccc2-c2ccccc21. The van der Waals surface area contributed by atoms with E-state index < -0.39 is 24.1 Å². The van der Waals surface area contributed by atoms with E-state index in [2.05, 4.69) is 29.6 Å². The van der Waals surface area contributed by atoms with Crippen molar-refractivity contribution >= 4 is 29.7 Å². The van der Waals surface area contributed by atoms with Crippen LogP contribution in [0.3, 0.4) is 0 Å². The Labute approximate surface area is 190 Å². The molecule has 2 aliphatic carbocycles. The molecule has 32 heavy (non-hydrogen) atoms. The van der Waals surface area contributed by atoms with Gasteiger partial charge in [-0.05, 0) is 41.0 Å². The number of nitrogens with zero attached hydrogens (tertiary/aromatic N) is 1. The molecule has 0 radical (unpaired) electrons. The molecule has 1 unspecified atom stereocenters. The van der Waals surface area contributed by atoms with Crippen LogP contribution in [0.5, 0.6) is 0 Å². The molecule has 0 aromatic heterocycles. The van der Waals surface area contributed by atoms with Crippen molar-refractivity contribution in [2.24, 2.45) is 5.92 Å². The molecule has 2 aromatic carbocycles. The van der Waals surface area contributed by atoms with Gasteiger partial charge in [-0.1, -0.05) is 48.5 Å². The van der Waals surface area contributed by atoms with Crippen LogP contribution in [0, 0.1) is 5.92 Å². The number of benzene rings is 2. The second-order valence-corrected chi connectivity index (χ2v) is 9.45. The van der Waals surface area contributed by atoms with Crippen LogP contribution < -0.4 is 5.32 Å². The standard InChI is InChI=1S/C24H24N2O5S/c27-22(26-13-32-12-20(26)23(28)29)21(14-9-10-14)25-24(30)31-11-19-17-7-3-1-5-15(17)16-6-2-4-8-18(16)19/h1-8,14,19-21H,9-13H2,(H,25,30)(H,28,29)/t20-,21?/m0/s1. The Bertz CT molecular complexity index is 1020. The molecule has 2 atom stereocenters. The molecule has 5 rings (SSSR count). The van der Waals surface area contributed by atoms with E-state index in [-0.39, 0.29) is 24.3 Å². The lowest BCUT2D eigenvalue weighted by molar-refractivity contribution is -0.148. The molecular formula is C24H24N2O5S. The Morgan fingerprint density at radius 2 is 1.69 bits per heavy atom. The van der Waals surface area contributed by atoms with Crippen molar-refractivity contribution in [3.63, 3.8) is 0 Å². The number of amides is 2. The molecule has 7 nitrogen and oxygen atoms in total. The molecule has 0 spiro atoms. The molecule has 2 aromatic rings. The van der Waals surface area contributed by atoms with Gasteiger partial charge in [-0.2, -0.15) is 0 Å². The van der Waals surface area contributed by atoms with E-state index in [1.165, 1.54) is 16.7 Å². The van der Waals surface area contributed by atoms with Gasteiger partial charge in [0.1, 0.15) is 18.7 Å². The zero-order chi connectivity index (χ0) is 22.2. The largest absolute Gasteiger partial charge is 0.480 e. The van der Waals surface area contributed by atoms with E-state index in [1.807, 2.05) is 24.3 Å². The highest BCUT2D eigenvalue weighted by Crippen LogP contribution is 2.44. The lowest BCUT2D eigenvalue weighted by atomic mass is 9.98. The number of fused-ring (bicyclic) bond motifs is 3. The molecule has 2 amide bonds. The highest BCUT2D eigenvalue weighted by Gasteiger charge is 2.44. The summed E-state index contributed by atoms with van der Waals surface area (Å²) in [5.74, 6) is -0.690. The van der Waals surface area contributed by atoms with Gasteiger partial charge in [-0.3, -0.25) is 4.79 Å². The smallest absolute Gasteiger partial charge is 0.407 e. The van der Waals surface area contributed by atoms with Crippen molar-refractivity contribution < 1.29 is 24.2 Å². The van der Waals surface area contributed by atoms with Crippen molar-refractivity contribution in [2.75, 3.05) is 18.2 Å². The molecule has 0 bridgehead atoms. The van der Waals surface area contributed by atoms with Gasteiger partial charge in [0.25, 0.3) is 0 Å². The zero-order valence-corrected chi connectivity index (χ0v) is 18.2. The third-order valence-corrected chi connectivity index (χ3v) is 7.44. The number of carboxylic acid groups (broad SMARTS) is 1. The summed E-state index contributed by atoms with van der Waals surface area (Å²) in [5, 5.41) is 12.1. The fourth-order valence-corrected chi connectivity index (χ4v) is 5.78. The topological polar surface area (TPSA) is 95.9 Å². The van der Waals surface area contributed by atoms with E-state index in [9.17, 15) is 19.5 Å².